The van der Waals surface area contributed by atoms with Crippen molar-refractivity contribution in [1.82, 2.24) is 4.90 Å². The highest BCUT2D eigenvalue weighted by Gasteiger charge is 2.49. The minimum absolute atomic E-state index is 0.0556. The topological polar surface area (TPSA) is 61.8 Å². The Morgan fingerprint density at radius 1 is 1.10 bits per heavy atom. The molecule has 1 heterocycles. The summed E-state index contributed by atoms with van der Waals surface area (Å²) in [5.41, 5.74) is 3.19. The van der Waals surface area contributed by atoms with E-state index in [1.54, 1.807) is 17.0 Å². The Morgan fingerprint density at radius 2 is 1.79 bits per heavy atom. The average Bonchev–Trinajstić information content (AvgIpc) is 3.26. The van der Waals surface area contributed by atoms with Crippen molar-refractivity contribution < 1.29 is 14.0 Å². The second-order valence-corrected chi connectivity index (χ2v) is 7.90. The second-order valence-electron chi connectivity index (χ2n) is 7.90. The van der Waals surface area contributed by atoms with Crippen LogP contribution < -0.4 is 5.32 Å². The molecule has 0 radical (unpaired) electrons. The number of hydrogen-bond donors (Lipinski definition) is 1. The predicted molar refractivity (Wildman–Crippen MR) is 110 cm³/mol. The summed E-state index contributed by atoms with van der Waals surface area (Å²) in [4.78, 5) is 32.2. The molecule has 2 amide bonds. The molecule has 5 nitrogen and oxygen atoms in total. The third-order valence-corrected chi connectivity index (χ3v) is 5.88. The number of nitrogens with one attached hydrogen (secondary N) is 1. The molecule has 2 aliphatic rings. The number of carbonyl (C=O) groups is 2. The summed E-state index contributed by atoms with van der Waals surface area (Å²) in [6.45, 7) is 3.95. The van der Waals surface area contributed by atoms with Crippen LogP contribution in [0.1, 0.15) is 42.4 Å². The van der Waals surface area contributed by atoms with Gasteiger partial charge in [0.1, 0.15) is 23.7 Å². The first-order chi connectivity index (χ1) is 13.9. The van der Waals surface area contributed by atoms with Crippen LogP contribution >= 0.6 is 0 Å². The van der Waals surface area contributed by atoms with Gasteiger partial charge in [-0.3, -0.25) is 14.6 Å². The molecule has 0 atom stereocenters. The lowest BCUT2D eigenvalue weighted by atomic mass is 10.1. The van der Waals surface area contributed by atoms with Gasteiger partial charge >= 0.3 is 0 Å². The number of rotatable bonds is 4. The van der Waals surface area contributed by atoms with Gasteiger partial charge in [0.15, 0.2) is 0 Å². The Hall–Kier alpha value is -3.02. The van der Waals surface area contributed by atoms with Crippen molar-refractivity contribution in [2.24, 2.45) is 4.99 Å². The standard InChI is InChI=1S/C23H24FN3O2/c1-15-5-10-19(13-16(15)2)25-20(28)14-27-22(29)21(17-6-8-18(24)9-7-17)26-23(27)11-3-4-12-23/h5-10,13H,3-4,11-12,14H2,1-2H3,(H,25,28). The highest BCUT2D eigenvalue weighted by molar-refractivity contribution is 6.47. The van der Waals surface area contributed by atoms with Crippen molar-refractivity contribution in [2.45, 2.75) is 45.2 Å². The number of amides is 2. The van der Waals surface area contributed by atoms with Crippen LogP contribution in [-0.4, -0.2) is 34.6 Å². The summed E-state index contributed by atoms with van der Waals surface area (Å²) < 4.78 is 13.3. The van der Waals surface area contributed by atoms with Crippen molar-refractivity contribution >= 4 is 23.2 Å². The number of aryl methyl sites for hydroxylation is 2. The number of carbonyl (C=O) groups excluding carboxylic acids is 2. The summed E-state index contributed by atoms with van der Waals surface area (Å²) in [6.07, 6.45) is 3.40. The lowest BCUT2D eigenvalue weighted by Gasteiger charge is -2.32. The minimum atomic E-state index is -0.665. The van der Waals surface area contributed by atoms with Gasteiger partial charge in [-0.05, 0) is 87.1 Å². The highest BCUT2D eigenvalue weighted by atomic mass is 19.1. The number of benzene rings is 2. The molecule has 1 fully saturated rings. The van der Waals surface area contributed by atoms with Gasteiger partial charge in [-0.25, -0.2) is 4.39 Å². The van der Waals surface area contributed by atoms with E-state index in [-0.39, 0.29) is 24.2 Å². The number of anilines is 1. The zero-order valence-corrected chi connectivity index (χ0v) is 16.7. The van der Waals surface area contributed by atoms with E-state index >= 15 is 0 Å². The van der Waals surface area contributed by atoms with Crippen molar-refractivity contribution in [2.75, 3.05) is 11.9 Å². The van der Waals surface area contributed by atoms with E-state index in [1.165, 1.54) is 12.1 Å². The van der Waals surface area contributed by atoms with Crippen LogP contribution in [0.4, 0.5) is 10.1 Å². The van der Waals surface area contributed by atoms with E-state index in [9.17, 15) is 14.0 Å². The Bertz CT molecular complexity index is 992. The fourth-order valence-corrected chi connectivity index (χ4v) is 4.13. The van der Waals surface area contributed by atoms with Gasteiger partial charge in [0.25, 0.3) is 5.91 Å². The second kappa shape index (κ2) is 7.43. The SMILES string of the molecule is Cc1ccc(NC(=O)CN2C(=O)C(c3ccc(F)cc3)=NC23CCCC3)cc1C. The maximum Gasteiger partial charge on any atom is 0.275 e. The monoisotopic (exact) mass is 393 g/mol. The first kappa shape index (κ1) is 19.3. The molecule has 0 bridgehead atoms. The molecule has 4 rings (SSSR count). The van der Waals surface area contributed by atoms with Gasteiger partial charge in [0, 0.05) is 11.3 Å². The van der Waals surface area contributed by atoms with Crippen LogP contribution in [0.2, 0.25) is 0 Å². The largest absolute Gasteiger partial charge is 0.325 e. The molecule has 0 saturated heterocycles. The summed E-state index contributed by atoms with van der Waals surface area (Å²) in [5, 5.41) is 2.89. The third-order valence-electron chi connectivity index (χ3n) is 5.88. The van der Waals surface area contributed by atoms with E-state index < -0.39 is 5.66 Å². The normalized spacial score (nSPS) is 17.7. The molecule has 0 aromatic heterocycles. The lowest BCUT2D eigenvalue weighted by Crippen LogP contribution is -2.48. The quantitative estimate of drug-likeness (QED) is 0.854. The van der Waals surface area contributed by atoms with E-state index in [1.807, 2.05) is 32.0 Å². The molecule has 150 valence electrons. The fourth-order valence-electron chi connectivity index (χ4n) is 4.13. The minimum Gasteiger partial charge on any atom is -0.325 e. The zero-order chi connectivity index (χ0) is 20.6. The Balaban J connectivity index is 1.56. The summed E-state index contributed by atoms with van der Waals surface area (Å²) in [7, 11) is 0. The van der Waals surface area contributed by atoms with Crippen molar-refractivity contribution in [3.63, 3.8) is 0 Å². The lowest BCUT2D eigenvalue weighted by molar-refractivity contribution is -0.132. The number of hydrogen-bond acceptors (Lipinski definition) is 3. The Labute approximate surface area is 169 Å². The molecule has 29 heavy (non-hydrogen) atoms. The van der Waals surface area contributed by atoms with Gasteiger partial charge in [-0.1, -0.05) is 6.07 Å². The van der Waals surface area contributed by atoms with E-state index in [0.717, 1.165) is 36.8 Å². The fraction of sp³-hybridized carbons (Fsp3) is 0.348. The number of aliphatic imine (C=N–C) groups is 1. The average molecular weight is 393 g/mol. The predicted octanol–water partition coefficient (Wildman–Crippen LogP) is 3.98. The molecule has 1 spiro atoms. The van der Waals surface area contributed by atoms with Crippen LogP contribution in [-0.2, 0) is 9.59 Å². The number of nitrogens with zero attached hydrogens (tertiary/aromatic N) is 2. The van der Waals surface area contributed by atoms with Gasteiger partial charge in [-0.15, -0.1) is 0 Å². The molecular weight excluding hydrogens is 369 g/mol. The molecule has 2 aromatic carbocycles. The molecule has 1 saturated carbocycles. The highest BCUT2D eigenvalue weighted by Crippen LogP contribution is 2.41. The summed E-state index contributed by atoms with van der Waals surface area (Å²) in [5.74, 6) is -0.878. The molecule has 2 aromatic rings. The Morgan fingerprint density at radius 3 is 2.45 bits per heavy atom. The maximum atomic E-state index is 13.3. The van der Waals surface area contributed by atoms with E-state index in [0.29, 0.717) is 17.0 Å². The molecular formula is C23H24FN3O2. The van der Waals surface area contributed by atoms with Crippen molar-refractivity contribution in [3.8, 4) is 0 Å². The molecule has 1 aliphatic carbocycles. The van der Waals surface area contributed by atoms with Crippen LogP contribution in [0.3, 0.4) is 0 Å². The van der Waals surface area contributed by atoms with E-state index in [2.05, 4.69) is 5.32 Å². The van der Waals surface area contributed by atoms with Crippen LogP contribution in [0.15, 0.2) is 47.5 Å². The van der Waals surface area contributed by atoms with Crippen molar-refractivity contribution in [3.05, 3.63) is 65.0 Å². The zero-order valence-electron chi connectivity index (χ0n) is 16.7. The molecule has 1 N–H and O–H groups in total. The first-order valence-corrected chi connectivity index (χ1v) is 9.93. The first-order valence-electron chi connectivity index (χ1n) is 9.93. The van der Waals surface area contributed by atoms with E-state index in [4.69, 9.17) is 4.99 Å². The van der Waals surface area contributed by atoms with Crippen LogP contribution in [0.25, 0.3) is 0 Å². The molecule has 1 aliphatic heterocycles. The molecule has 0 unspecified atom stereocenters. The maximum absolute atomic E-state index is 13.3. The van der Waals surface area contributed by atoms with Gasteiger partial charge in [-0.2, -0.15) is 0 Å². The molecule has 6 heteroatoms. The van der Waals surface area contributed by atoms with Gasteiger partial charge in [0.2, 0.25) is 5.91 Å². The van der Waals surface area contributed by atoms with Gasteiger partial charge < -0.3 is 10.2 Å². The van der Waals surface area contributed by atoms with Crippen LogP contribution in [0, 0.1) is 19.7 Å². The van der Waals surface area contributed by atoms with Crippen LogP contribution in [0.5, 0.6) is 0 Å². The summed E-state index contributed by atoms with van der Waals surface area (Å²) in [6, 6.07) is 11.5. The van der Waals surface area contributed by atoms with Gasteiger partial charge in [0.05, 0.1) is 0 Å². The smallest absolute Gasteiger partial charge is 0.275 e. The van der Waals surface area contributed by atoms with Crippen molar-refractivity contribution in [1.29, 1.82) is 0 Å². The summed E-state index contributed by atoms with van der Waals surface area (Å²) >= 11 is 0. The third kappa shape index (κ3) is 3.67. The Kier molecular flexibility index (Phi) is 4.94. The number of halogens is 1.